The van der Waals surface area contributed by atoms with E-state index in [0.29, 0.717) is 55.2 Å². The van der Waals surface area contributed by atoms with Crippen LogP contribution in [0.3, 0.4) is 0 Å². The maximum Gasteiger partial charge on any atom is 0.325 e. The Balaban J connectivity index is 1.79. The molecule has 164 valence electrons. The lowest BCUT2D eigenvalue weighted by Gasteiger charge is -2.28. The van der Waals surface area contributed by atoms with Crippen molar-refractivity contribution in [1.82, 2.24) is 15.1 Å². The summed E-state index contributed by atoms with van der Waals surface area (Å²) in [5, 5.41) is 2.75. The second kappa shape index (κ2) is 8.53. The summed E-state index contributed by atoms with van der Waals surface area (Å²) >= 11 is 0. The number of imide groups is 1. The van der Waals surface area contributed by atoms with Crippen LogP contribution >= 0.6 is 0 Å². The van der Waals surface area contributed by atoms with E-state index in [9.17, 15) is 14.4 Å². The molecule has 2 aliphatic rings. The van der Waals surface area contributed by atoms with Gasteiger partial charge in [-0.15, -0.1) is 0 Å². The van der Waals surface area contributed by atoms with Gasteiger partial charge in [-0.05, 0) is 36.5 Å². The van der Waals surface area contributed by atoms with Crippen LogP contribution in [0.5, 0.6) is 11.5 Å². The fraction of sp³-hybridized carbons (Fsp3) is 0.591. The van der Waals surface area contributed by atoms with Crippen LogP contribution in [0.4, 0.5) is 4.79 Å². The van der Waals surface area contributed by atoms with Crippen molar-refractivity contribution in [3.05, 3.63) is 23.8 Å². The van der Waals surface area contributed by atoms with Crippen LogP contribution < -0.4 is 14.8 Å². The monoisotopic (exact) mass is 417 g/mol. The molecule has 3 rings (SSSR count). The molecule has 0 unspecified atom stereocenters. The summed E-state index contributed by atoms with van der Waals surface area (Å²) in [4.78, 5) is 41.5. The maximum atomic E-state index is 13.2. The molecule has 8 heteroatoms. The van der Waals surface area contributed by atoms with Crippen molar-refractivity contribution >= 4 is 17.8 Å². The Labute approximate surface area is 177 Å². The van der Waals surface area contributed by atoms with Crippen molar-refractivity contribution in [3.63, 3.8) is 0 Å². The number of hydrogen-bond acceptors (Lipinski definition) is 5. The van der Waals surface area contributed by atoms with Crippen molar-refractivity contribution < 1.29 is 23.9 Å². The van der Waals surface area contributed by atoms with E-state index in [4.69, 9.17) is 9.47 Å². The van der Waals surface area contributed by atoms with Crippen molar-refractivity contribution in [3.8, 4) is 11.5 Å². The fourth-order valence-electron chi connectivity index (χ4n) is 3.79. The summed E-state index contributed by atoms with van der Waals surface area (Å²) < 4.78 is 11.1. The van der Waals surface area contributed by atoms with E-state index in [1.54, 1.807) is 30.0 Å². The zero-order valence-electron chi connectivity index (χ0n) is 18.4. The molecule has 0 saturated carbocycles. The topological polar surface area (TPSA) is 88.2 Å². The van der Waals surface area contributed by atoms with E-state index in [1.807, 2.05) is 27.7 Å². The Hall–Kier alpha value is -2.77. The lowest BCUT2D eigenvalue weighted by molar-refractivity contribution is -0.139. The summed E-state index contributed by atoms with van der Waals surface area (Å²) in [5.41, 5.74) is -0.685. The number of benzene rings is 1. The third-order valence-electron chi connectivity index (χ3n) is 5.21. The van der Waals surface area contributed by atoms with Gasteiger partial charge in [0.1, 0.15) is 25.3 Å². The molecule has 1 aromatic rings. The second-order valence-electron chi connectivity index (χ2n) is 8.89. The second-order valence-corrected chi connectivity index (χ2v) is 8.89. The number of hydrogen-bond donors (Lipinski definition) is 1. The number of ether oxygens (including phenoxy) is 2. The molecule has 1 N–H and O–H groups in total. The first kappa shape index (κ1) is 21.9. The largest absolute Gasteiger partial charge is 0.486 e. The molecule has 1 atom stereocenters. The SMILES string of the molecule is CC(C)CN(CC(C)C)C(=O)CN1C(=O)N[C@@](C)(c2ccc3c(c2)OCCO3)C1=O. The van der Waals surface area contributed by atoms with Gasteiger partial charge in [-0.1, -0.05) is 33.8 Å². The van der Waals surface area contributed by atoms with Gasteiger partial charge in [-0.3, -0.25) is 14.5 Å². The number of rotatable bonds is 7. The molecule has 1 fully saturated rings. The third kappa shape index (κ3) is 4.37. The van der Waals surface area contributed by atoms with Crippen molar-refractivity contribution in [2.24, 2.45) is 11.8 Å². The maximum absolute atomic E-state index is 13.2. The number of urea groups is 1. The summed E-state index contributed by atoms with van der Waals surface area (Å²) in [6.07, 6.45) is 0. The first-order chi connectivity index (χ1) is 14.1. The van der Waals surface area contributed by atoms with Gasteiger partial charge < -0.3 is 19.7 Å². The Kier molecular flexibility index (Phi) is 6.24. The van der Waals surface area contributed by atoms with Gasteiger partial charge in [-0.25, -0.2) is 4.79 Å². The van der Waals surface area contributed by atoms with E-state index < -0.39 is 17.5 Å². The molecule has 30 heavy (non-hydrogen) atoms. The van der Waals surface area contributed by atoms with Crippen LogP contribution in [0, 0.1) is 11.8 Å². The standard InChI is InChI=1S/C22H31N3O5/c1-14(2)11-24(12-15(3)4)19(26)13-25-20(27)22(5,23-21(25)28)16-6-7-17-18(10-16)30-9-8-29-17/h6-7,10,14-15H,8-9,11-13H2,1-5H3,(H,23,28)/t22-/m0/s1. The van der Waals surface area contributed by atoms with Gasteiger partial charge in [-0.2, -0.15) is 0 Å². The molecule has 2 aliphatic heterocycles. The Bertz CT molecular complexity index is 828. The van der Waals surface area contributed by atoms with E-state index >= 15 is 0 Å². The van der Waals surface area contributed by atoms with Gasteiger partial charge in [0.05, 0.1) is 0 Å². The van der Waals surface area contributed by atoms with E-state index in [-0.39, 0.29) is 12.5 Å². The highest BCUT2D eigenvalue weighted by molar-refractivity contribution is 6.09. The van der Waals surface area contributed by atoms with Gasteiger partial charge in [0, 0.05) is 13.1 Å². The zero-order chi connectivity index (χ0) is 22.1. The molecule has 0 aliphatic carbocycles. The van der Waals surface area contributed by atoms with Crippen LogP contribution in [0.15, 0.2) is 18.2 Å². The Morgan fingerprint density at radius 2 is 1.70 bits per heavy atom. The minimum absolute atomic E-state index is 0.229. The molecule has 1 aromatic carbocycles. The molecule has 1 saturated heterocycles. The number of carbonyl (C=O) groups excluding carboxylic acids is 3. The summed E-state index contributed by atoms with van der Waals surface area (Å²) in [6.45, 7) is 11.6. The third-order valence-corrected chi connectivity index (χ3v) is 5.21. The molecule has 0 aromatic heterocycles. The molecule has 0 radical (unpaired) electrons. The number of amides is 4. The minimum Gasteiger partial charge on any atom is -0.486 e. The highest BCUT2D eigenvalue weighted by Gasteiger charge is 2.50. The Morgan fingerprint density at radius 1 is 1.10 bits per heavy atom. The molecular formula is C22H31N3O5. The van der Waals surface area contributed by atoms with Gasteiger partial charge in [0.2, 0.25) is 5.91 Å². The zero-order valence-corrected chi connectivity index (χ0v) is 18.4. The molecule has 0 spiro atoms. The molecular weight excluding hydrogens is 386 g/mol. The lowest BCUT2D eigenvalue weighted by atomic mass is 9.91. The van der Waals surface area contributed by atoms with E-state index in [1.165, 1.54) is 0 Å². The number of fused-ring (bicyclic) bond motifs is 1. The highest BCUT2D eigenvalue weighted by Crippen LogP contribution is 2.36. The predicted octanol–water partition coefficient (Wildman–Crippen LogP) is 2.37. The number of nitrogens with zero attached hydrogens (tertiary/aromatic N) is 2. The lowest BCUT2D eigenvalue weighted by Crippen LogP contribution is -2.46. The summed E-state index contributed by atoms with van der Waals surface area (Å²) in [6, 6.07) is 4.61. The first-order valence-corrected chi connectivity index (χ1v) is 10.4. The number of carbonyl (C=O) groups is 3. The van der Waals surface area contributed by atoms with Gasteiger partial charge in [0.15, 0.2) is 11.5 Å². The first-order valence-electron chi connectivity index (χ1n) is 10.4. The Morgan fingerprint density at radius 3 is 2.30 bits per heavy atom. The smallest absolute Gasteiger partial charge is 0.325 e. The predicted molar refractivity (Wildman–Crippen MR) is 111 cm³/mol. The van der Waals surface area contributed by atoms with Crippen molar-refractivity contribution in [1.29, 1.82) is 0 Å². The quantitative estimate of drug-likeness (QED) is 0.688. The van der Waals surface area contributed by atoms with Crippen LogP contribution in [-0.4, -0.2) is 60.5 Å². The van der Waals surface area contributed by atoms with Crippen molar-refractivity contribution in [2.75, 3.05) is 32.8 Å². The molecule has 2 heterocycles. The van der Waals surface area contributed by atoms with Crippen molar-refractivity contribution in [2.45, 2.75) is 40.2 Å². The minimum atomic E-state index is -1.27. The average molecular weight is 418 g/mol. The van der Waals surface area contributed by atoms with Crippen LogP contribution in [0.2, 0.25) is 0 Å². The van der Waals surface area contributed by atoms with Gasteiger partial charge in [0.25, 0.3) is 5.91 Å². The molecule has 8 nitrogen and oxygen atoms in total. The van der Waals surface area contributed by atoms with Gasteiger partial charge >= 0.3 is 6.03 Å². The van der Waals surface area contributed by atoms with Crippen LogP contribution in [-0.2, 0) is 15.1 Å². The normalized spacial score (nSPS) is 20.7. The number of nitrogens with one attached hydrogen (secondary N) is 1. The van der Waals surface area contributed by atoms with E-state index in [2.05, 4.69) is 5.32 Å². The van der Waals surface area contributed by atoms with Crippen LogP contribution in [0.1, 0.15) is 40.2 Å². The highest BCUT2D eigenvalue weighted by atomic mass is 16.6. The molecule has 0 bridgehead atoms. The molecule has 4 amide bonds. The van der Waals surface area contributed by atoms with E-state index in [0.717, 1.165) is 4.90 Å². The summed E-state index contributed by atoms with van der Waals surface area (Å²) in [5.74, 6) is 1.04. The van der Waals surface area contributed by atoms with Crippen LogP contribution in [0.25, 0.3) is 0 Å². The fourth-order valence-corrected chi connectivity index (χ4v) is 3.79. The average Bonchev–Trinajstić information content (AvgIpc) is 2.90. The summed E-state index contributed by atoms with van der Waals surface area (Å²) in [7, 11) is 0.